The molecular weight excluding hydrogens is 192 g/mol. The number of carbonyl (C=O) groups excluding carboxylic acids is 1. The molecule has 4 heteroatoms. The van der Waals surface area contributed by atoms with E-state index in [1.54, 1.807) is 0 Å². The first-order chi connectivity index (χ1) is 7.25. The lowest BCUT2D eigenvalue weighted by Gasteiger charge is -2.21. The van der Waals surface area contributed by atoms with Gasteiger partial charge in [0.15, 0.2) is 0 Å². The molecule has 0 saturated carbocycles. The van der Waals surface area contributed by atoms with Crippen molar-refractivity contribution in [2.45, 2.75) is 13.3 Å². The monoisotopic (exact) mass is 210 g/mol. The van der Waals surface area contributed by atoms with E-state index in [1.807, 2.05) is 6.92 Å². The Kier molecular flexibility index (Phi) is 4.90. The number of hydrogen-bond acceptors (Lipinski definition) is 3. The Bertz CT molecular complexity index is 266. The van der Waals surface area contributed by atoms with Crippen LogP contribution in [-0.4, -0.2) is 32.1 Å². The second-order valence-corrected chi connectivity index (χ2v) is 3.48. The highest BCUT2D eigenvalue weighted by Crippen LogP contribution is 2.08. The minimum absolute atomic E-state index is 0.0325. The SMILES string of the molecule is C=COCCCNC(=O)C(C)=C1CNC1. The standard InChI is InChI=1S/C11H18N2O2/c1-3-15-6-4-5-13-11(14)9(2)10-7-12-8-10/h3,12H,1,4-8H2,2H3,(H,13,14). The van der Waals surface area contributed by atoms with Gasteiger partial charge >= 0.3 is 0 Å². The lowest BCUT2D eigenvalue weighted by atomic mass is 10.0. The Morgan fingerprint density at radius 1 is 1.67 bits per heavy atom. The van der Waals surface area contributed by atoms with Gasteiger partial charge in [-0.3, -0.25) is 4.79 Å². The summed E-state index contributed by atoms with van der Waals surface area (Å²) in [7, 11) is 0. The van der Waals surface area contributed by atoms with E-state index >= 15 is 0 Å². The molecule has 1 aliphatic heterocycles. The molecule has 0 spiro atoms. The zero-order valence-corrected chi connectivity index (χ0v) is 9.14. The Morgan fingerprint density at radius 2 is 2.40 bits per heavy atom. The first-order valence-corrected chi connectivity index (χ1v) is 5.15. The van der Waals surface area contributed by atoms with Crippen LogP contribution in [0.25, 0.3) is 0 Å². The number of hydrogen-bond donors (Lipinski definition) is 2. The molecule has 1 rings (SSSR count). The van der Waals surface area contributed by atoms with Gasteiger partial charge in [0.05, 0.1) is 12.9 Å². The quantitative estimate of drug-likeness (QED) is 0.383. The fourth-order valence-electron chi connectivity index (χ4n) is 1.25. The van der Waals surface area contributed by atoms with Crippen molar-refractivity contribution in [2.24, 2.45) is 0 Å². The van der Waals surface area contributed by atoms with Crippen LogP contribution >= 0.6 is 0 Å². The number of carbonyl (C=O) groups is 1. The van der Waals surface area contributed by atoms with Gasteiger partial charge in [-0.05, 0) is 18.9 Å². The van der Waals surface area contributed by atoms with Crippen molar-refractivity contribution in [3.63, 3.8) is 0 Å². The summed E-state index contributed by atoms with van der Waals surface area (Å²) in [5.41, 5.74) is 2.05. The smallest absolute Gasteiger partial charge is 0.246 e. The van der Waals surface area contributed by atoms with E-state index in [9.17, 15) is 4.79 Å². The molecular formula is C11H18N2O2. The third kappa shape index (κ3) is 3.75. The zero-order valence-electron chi connectivity index (χ0n) is 9.14. The molecule has 1 saturated heterocycles. The summed E-state index contributed by atoms with van der Waals surface area (Å²) in [5, 5.41) is 5.96. The number of nitrogens with one attached hydrogen (secondary N) is 2. The maximum Gasteiger partial charge on any atom is 0.246 e. The van der Waals surface area contributed by atoms with Crippen LogP contribution in [0, 0.1) is 0 Å². The summed E-state index contributed by atoms with van der Waals surface area (Å²) in [6, 6.07) is 0. The van der Waals surface area contributed by atoms with Gasteiger partial charge in [-0.2, -0.15) is 0 Å². The Morgan fingerprint density at radius 3 is 2.93 bits per heavy atom. The number of ether oxygens (including phenoxy) is 1. The summed E-state index contributed by atoms with van der Waals surface area (Å²) in [4.78, 5) is 11.6. The summed E-state index contributed by atoms with van der Waals surface area (Å²) in [6.07, 6.45) is 2.22. The van der Waals surface area contributed by atoms with E-state index in [-0.39, 0.29) is 5.91 Å². The minimum Gasteiger partial charge on any atom is -0.502 e. The summed E-state index contributed by atoms with van der Waals surface area (Å²) in [5.74, 6) is 0.0325. The molecule has 1 fully saturated rings. The fraction of sp³-hybridized carbons (Fsp3) is 0.545. The van der Waals surface area contributed by atoms with E-state index in [4.69, 9.17) is 4.74 Å². The molecule has 0 unspecified atom stereocenters. The van der Waals surface area contributed by atoms with Crippen molar-refractivity contribution < 1.29 is 9.53 Å². The molecule has 1 heterocycles. The first kappa shape index (κ1) is 11.8. The first-order valence-electron chi connectivity index (χ1n) is 5.15. The second-order valence-electron chi connectivity index (χ2n) is 3.48. The topological polar surface area (TPSA) is 50.4 Å². The Hall–Kier alpha value is -1.29. The molecule has 2 N–H and O–H groups in total. The highest BCUT2D eigenvalue weighted by molar-refractivity contribution is 5.93. The fourth-order valence-corrected chi connectivity index (χ4v) is 1.25. The average Bonchev–Trinajstić information content (AvgIpc) is 2.14. The van der Waals surface area contributed by atoms with Gasteiger partial charge < -0.3 is 15.4 Å². The lowest BCUT2D eigenvalue weighted by molar-refractivity contribution is -0.117. The van der Waals surface area contributed by atoms with Crippen molar-refractivity contribution >= 4 is 5.91 Å². The summed E-state index contributed by atoms with van der Waals surface area (Å²) in [6.45, 7) is 8.24. The predicted molar refractivity (Wildman–Crippen MR) is 59.3 cm³/mol. The predicted octanol–water partition coefficient (Wildman–Crippen LogP) is 0.572. The molecule has 0 aromatic rings. The molecule has 84 valence electrons. The van der Waals surface area contributed by atoms with Crippen molar-refractivity contribution in [2.75, 3.05) is 26.2 Å². The number of amides is 1. The summed E-state index contributed by atoms with van der Waals surface area (Å²) < 4.78 is 4.95. The zero-order chi connectivity index (χ0) is 11.1. The van der Waals surface area contributed by atoms with E-state index in [2.05, 4.69) is 17.2 Å². The van der Waals surface area contributed by atoms with Gasteiger partial charge in [0, 0.05) is 25.2 Å². The second kappa shape index (κ2) is 6.24. The van der Waals surface area contributed by atoms with Crippen molar-refractivity contribution in [1.82, 2.24) is 10.6 Å². The Labute approximate surface area is 90.4 Å². The highest BCUT2D eigenvalue weighted by atomic mass is 16.5. The maximum absolute atomic E-state index is 11.6. The van der Waals surface area contributed by atoms with Gasteiger partial charge in [0.2, 0.25) is 5.91 Å². The van der Waals surface area contributed by atoms with Crippen molar-refractivity contribution in [3.8, 4) is 0 Å². The minimum atomic E-state index is 0.0325. The van der Waals surface area contributed by atoms with Crippen LogP contribution in [0.4, 0.5) is 0 Å². The average molecular weight is 210 g/mol. The molecule has 0 aromatic carbocycles. The molecule has 0 aromatic heterocycles. The van der Waals surface area contributed by atoms with Crippen LogP contribution < -0.4 is 10.6 Å². The molecule has 0 atom stereocenters. The third-order valence-corrected chi connectivity index (χ3v) is 2.39. The van der Waals surface area contributed by atoms with Gasteiger partial charge in [-0.25, -0.2) is 0 Å². The van der Waals surface area contributed by atoms with Crippen LogP contribution in [0.5, 0.6) is 0 Å². The normalized spacial score (nSPS) is 14.1. The van der Waals surface area contributed by atoms with Crippen molar-refractivity contribution in [3.05, 3.63) is 24.0 Å². The van der Waals surface area contributed by atoms with Crippen LogP contribution in [0.2, 0.25) is 0 Å². The summed E-state index contributed by atoms with van der Waals surface area (Å²) >= 11 is 0. The highest BCUT2D eigenvalue weighted by Gasteiger charge is 2.15. The van der Waals surface area contributed by atoms with E-state index in [0.29, 0.717) is 13.2 Å². The molecule has 0 radical (unpaired) electrons. The van der Waals surface area contributed by atoms with Gasteiger partial charge in [-0.1, -0.05) is 6.58 Å². The van der Waals surface area contributed by atoms with Crippen LogP contribution in [-0.2, 0) is 9.53 Å². The van der Waals surface area contributed by atoms with E-state index in [0.717, 1.165) is 25.1 Å². The molecule has 1 amide bonds. The number of rotatable bonds is 6. The largest absolute Gasteiger partial charge is 0.502 e. The van der Waals surface area contributed by atoms with Crippen LogP contribution in [0.3, 0.4) is 0 Å². The van der Waals surface area contributed by atoms with Crippen LogP contribution in [0.15, 0.2) is 24.0 Å². The van der Waals surface area contributed by atoms with E-state index in [1.165, 1.54) is 11.8 Å². The molecule has 0 aliphatic carbocycles. The van der Waals surface area contributed by atoms with Crippen LogP contribution in [0.1, 0.15) is 13.3 Å². The van der Waals surface area contributed by atoms with Crippen molar-refractivity contribution in [1.29, 1.82) is 0 Å². The van der Waals surface area contributed by atoms with E-state index < -0.39 is 0 Å². The van der Waals surface area contributed by atoms with Gasteiger partial charge in [-0.15, -0.1) is 0 Å². The molecule has 0 bridgehead atoms. The maximum atomic E-state index is 11.6. The lowest BCUT2D eigenvalue weighted by Crippen LogP contribution is -2.37. The molecule has 4 nitrogen and oxygen atoms in total. The van der Waals surface area contributed by atoms with Gasteiger partial charge in [0.25, 0.3) is 0 Å². The van der Waals surface area contributed by atoms with Gasteiger partial charge in [0.1, 0.15) is 0 Å². The third-order valence-electron chi connectivity index (χ3n) is 2.39. The molecule has 1 aliphatic rings. The molecule has 15 heavy (non-hydrogen) atoms. The Balaban J connectivity index is 2.15.